The van der Waals surface area contributed by atoms with Crippen LogP contribution in [-0.4, -0.2) is 65.9 Å². The Kier molecular flexibility index (Phi) is 7.80. The average Bonchev–Trinajstić information content (AvgIpc) is 2.70. The maximum absolute atomic E-state index is 14.0. The first-order valence-corrected chi connectivity index (χ1v) is 9.70. The molecular weight excluding hydrogens is 381 g/mol. The van der Waals surface area contributed by atoms with Crippen molar-refractivity contribution < 1.29 is 29.0 Å². The van der Waals surface area contributed by atoms with Gasteiger partial charge in [-0.2, -0.15) is 0 Å². The van der Waals surface area contributed by atoms with E-state index in [-0.39, 0.29) is 23.6 Å². The second-order valence-electron chi connectivity index (χ2n) is 7.80. The van der Waals surface area contributed by atoms with E-state index >= 15 is 0 Å². The fourth-order valence-corrected chi connectivity index (χ4v) is 3.71. The highest BCUT2D eigenvalue weighted by Gasteiger charge is 2.38. The van der Waals surface area contributed by atoms with Crippen molar-refractivity contribution >= 4 is 17.5 Å². The van der Waals surface area contributed by atoms with Gasteiger partial charge in [-0.1, -0.05) is 13.8 Å². The lowest BCUT2D eigenvalue weighted by Gasteiger charge is -2.42. The number of anilines is 1. The monoisotopic (exact) mass is 411 g/mol. The Morgan fingerprint density at radius 2 is 2.03 bits per heavy atom. The van der Waals surface area contributed by atoms with Crippen LogP contribution in [0.25, 0.3) is 0 Å². The van der Waals surface area contributed by atoms with Crippen LogP contribution < -0.4 is 15.1 Å². The summed E-state index contributed by atoms with van der Waals surface area (Å²) in [6.07, 6.45) is -1.32. The van der Waals surface area contributed by atoms with E-state index in [9.17, 15) is 19.1 Å². The third-order valence-electron chi connectivity index (χ3n) is 5.21. The Bertz CT molecular complexity index is 730. The highest BCUT2D eigenvalue weighted by atomic mass is 19.1. The van der Waals surface area contributed by atoms with Crippen LogP contribution in [0, 0.1) is 17.7 Å². The summed E-state index contributed by atoms with van der Waals surface area (Å²) in [6, 6.07) is 4.53. The first-order chi connectivity index (χ1) is 13.7. The molecule has 1 aromatic carbocycles. The molecule has 1 aliphatic rings. The summed E-state index contributed by atoms with van der Waals surface area (Å²) in [7, 11) is 1.41. The molecule has 1 aromatic rings. The number of nitrogens with one attached hydrogen (secondary N) is 1. The highest BCUT2D eigenvalue weighted by Crippen LogP contribution is 2.27. The number of hydrogen-bond donors (Lipinski definition) is 3. The number of methoxy groups -OCH3 is 1. The van der Waals surface area contributed by atoms with Gasteiger partial charge in [-0.25, -0.2) is 9.87 Å². The van der Waals surface area contributed by atoms with E-state index in [0.717, 1.165) is 0 Å². The molecule has 9 heteroatoms. The lowest BCUT2D eigenvalue weighted by Crippen LogP contribution is -2.57. The first-order valence-electron chi connectivity index (χ1n) is 9.70. The van der Waals surface area contributed by atoms with Crippen molar-refractivity contribution in [2.24, 2.45) is 11.8 Å². The fraction of sp³-hybridized carbons (Fsp3) is 0.600. The van der Waals surface area contributed by atoms with Crippen molar-refractivity contribution in [3.8, 4) is 5.75 Å². The minimum Gasteiger partial charge on any atom is -0.494 e. The van der Waals surface area contributed by atoms with E-state index in [0.29, 0.717) is 31.7 Å². The molecule has 2 unspecified atom stereocenters. The summed E-state index contributed by atoms with van der Waals surface area (Å²) in [6.45, 7) is 6.99. The molecule has 0 spiro atoms. The van der Waals surface area contributed by atoms with E-state index in [2.05, 4.69) is 0 Å². The van der Waals surface area contributed by atoms with Gasteiger partial charge >= 0.3 is 0 Å². The van der Waals surface area contributed by atoms with Crippen LogP contribution in [-0.2, 0) is 9.59 Å². The highest BCUT2D eigenvalue weighted by molar-refractivity contribution is 5.89. The number of rotatable bonds is 7. The van der Waals surface area contributed by atoms with Gasteiger partial charge in [-0.15, -0.1) is 0 Å². The lowest BCUT2D eigenvalue weighted by molar-refractivity contribution is -0.152. The third kappa shape index (κ3) is 5.36. The third-order valence-corrected chi connectivity index (χ3v) is 5.21. The van der Waals surface area contributed by atoms with Gasteiger partial charge in [0.15, 0.2) is 11.6 Å². The number of carbonyl (C=O) groups is 2. The van der Waals surface area contributed by atoms with E-state index < -0.39 is 23.7 Å². The Morgan fingerprint density at radius 1 is 1.34 bits per heavy atom. The number of aliphatic hydroxyl groups excluding tert-OH is 1. The number of benzene rings is 1. The van der Waals surface area contributed by atoms with Crippen molar-refractivity contribution in [1.29, 1.82) is 0 Å². The van der Waals surface area contributed by atoms with E-state index in [1.165, 1.54) is 18.7 Å². The summed E-state index contributed by atoms with van der Waals surface area (Å²) < 4.78 is 19.0. The predicted octanol–water partition coefficient (Wildman–Crippen LogP) is 1.40. The van der Waals surface area contributed by atoms with Gasteiger partial charge in [0.2, 0.25) is 5.91 Å². The molecule has 1 saturated heterocycles. The van der Waals surface area contributed by atoms with Gasteiger partial charge in [-0.3, -0.25) is 14.8 Å². The number of piperazine rings is 1. The maximum atomic E-state index is 14.0. The Morgan fingerprint density at radius 3 is 2.55 bits per heavy atom. The fourth-order valence-electron chi connectivity index (χ4n) is 3.71. The van der Waals surface area contributed by atoms with E-state index in [4.69, 9.17) is 9.94 Å². The molecule has 8 nitrogen and oxygen atoms in total. The number of hydroxylamine groups is 1. The van der Waals surface area contributed by atoms with Crippen molar-refractivity contribution in [2.45, 2.75) is 39.3 Å². The van der Waals surface area contributed by atoms with Crippen molar-refractivity contribution in [3.05, 3.63) is 24.0 Å². The maximum Gasteiger partial charge on any atom is 0.272 e. The zero-order valence-corrected chi connectivity index (χ0v) is 17.3. The number of nitrogens with zero attached hydrogens (tertiary/aromatic N) is 2. The zero-order chi connectivity index (χ0) is 21.7. The smallest absolute Gasteiger partial charge is 0.272 e. The van der Waals surface area contributed by atoms with Gasteiger partial charge in [-0.05, 0) is 31.4 Å². The normalized spacial score (nSPS) is 19.1. The van der Waals surface area contributed by atoms with Crippen LogP contribution in [0.5, 0.6) is 5.75 Å². The first kappa shape index (κ1) is 22.9. The molecule has 3 N–H and O–H groups in total. The molecule has 0 radical (unpaired) electrons. The largest absolute Gasteiger partial charge is 0.494 e. The van der Waals surface area contributed by atoms with Gasteiger partial charge in [0, 0.05) is 37.4 Å². The number of amides is 2. The molecule has 2 rings (SSSR count). The summed E-state index contributed by atoms with van der Waals surface area (Å²) in [5.74, 6) is -2.49. The molecule has 0 bridgehead atoms. The number of hydrogen-bond acceptors (Lipinski definition) is 6. The molecule has 3 atom stereocenters. The van der Waals surface area contributed by atoms with Crippen molar-refractivity contribution in [2.75, 3.05) is 31.6 Å². The topological polar surface area (TPSA) is 102 Å². The van der Waals surface area contributed by atoms with Crippen LogP contribution >= 0.6 is 0 Å². The summed E-state index contributed by atoms with van der Waals surface area (Å²) in [5.41, 5.74) is 2.11. The van der Waals surface area contributed by atoms with Gasteiger partial charge in [0.05, 0.1) is 13.0 Å². The molecule has 0 aliphatic carbocycles. The number of halogens is 1. The molecule has 1 aliphatic heterocycles. The molecule has 0 aromatic heterocycles. The van der Waals surface area contributed by atoms with Crippen molar-refractivity contribution in [1.82, 2.24) is 10.4 Å². The molecule has 1 heterocycles. The SMILES string of the molecule is COc1ccc(N2CCN(C(=O)C(CC(C)C)C(O)C(=O)NO)[C@H](C)C2)cc1F. The lowest BCUT2D eigenvalue weighted by atomic mass is 9.89. The molecular formula is C20H30FN3O5. The molecule has 1 fully saturated rings. The van der Waals surface area contributed by atoms with Crippen LogP contribution in [0.2, 0.25) is 0 Å². The standard InChI is InChI=1S/C20H30FN3O5/c1-12(2)9-15(18(25)19(26)22-28)20(27)24-8-7-23(11-13(24)3)14-5-6-17(29-4)16(21)10-14/h5-6,10,12-13,15,18,25,28H,7-9,11H2,1-4H3,(H,22,26)/t13-,15?,18?/m1/s1. The number of aliphatic hydroxyl groups is 1. The van der Waals surface area contributed by atoms with E-state index in [1.807, 2.05) is 25.7 Å². The van der Waals surface area contributed by atoms with Crippen molar-refractivity contribution in [3.63, 3.8) is 0 Å². The van der Waals surface area contributed by atoms with Gasteiger partial charge < -0.3 is 19.6 Å². The molecule has 0 saturated carbocycles. The number of carbonyl (C=O) groups excluding carboxylic acids is 2. The summed E-state index contributed by atoms with van der Waals surface area (Å²) >= 11 is 0. The van der Waals surface area contributed by atoms with Gasteiger partial charge in [0.25, 0.3) is 5.91 Å². The van der Waals surface area contributed by atoms with Crippen LogP contribution in [0.1, 0.15) is 27.2 Å². The molecule has 162 valence electrons. The van der Waals surface area contributed by atoms with Gasteiger partial charge in [0.1, 0.15) is 6.10 Å². The minimum absolute atomic E-state index is 0.0731. The van der Waals surface area contributed by atoms with E-state index in [1.54, 1.807) is 17.0 Å². The van der Waals surface area contributed by atoms with Crippen LogP contribution in [0.4, 0.5) is 10.1 Å². The Labute approximate surface area is 170 Å². The Balaban J connectivity index is 2.13. The molecule has 29 heavy (non-hydrogen) atoms. The minimum atomic E-state index is -1.63. The average molecular weight is 411 g/mol. The zero-order valence-electron chi connectivity index (χ0n) is 17.3. The summed E-state index contributed by atoms with van der Waals surface area (Å²) in [4.78, 5) is 28.4. The quantitative estimate of drug-likeness (QED) is 0.463. The Hall–Kier alpha value is -2.39. The molecule has 2 amide bonds. The summed E-state index contributed by atoms with van der Waals surface area (Å²) in [5, 5.41) is 19.1. The predicted molar refractivity (Wildman–Crippen MR) is 105 cm³/mol. The van der Waals surface area contributed by atoms with Crippen LogP contribution in [0.15, 0.2) is 18.2 Å². The number of ether oxygens (including phenoxy) is 1. The second kappa shape index (κ2) is 9.89. The second-order valence-corrected chi connectivity index (χ2v) is 7.80. The van der Waals surface area contributed by atoms with Crippen LogP contribution in [0.3, 0.4) is 0 Å².